The molecule has 0 aromatic heterocycles. The molecule has 0 unspecified atom stereocenters. The third kappa shape index (κ3) is 4.40. The molecule has 4 saturated heterocycles. The number of rotatable bonds is 6. The van der Waals surface area contributed by atoms with Crippen LogP contribution in [-0.4, -0.2) is 59.5 Å². The van der Waals surface area contributed by atoms with E-state index in [2.05, 4.69) is 17.0 Å². The second-order valence-corrected chi connectivity index (χ2v) is 9.12. The van der Waals surface area contributed by atoms with Gasteiger partial charge >= 0.3 is 5.97 Å². The van der Waals surface area contributed by atoms with Crippen LogP contribution in [0.2, 0.25) is 0 Å². The second-order valence-electron chi connectivity index (χ2n) is 9.12. The molecule has 1 N–H and O–H groups in total. The van der Waals surface area contributed by atoms with Gasteiger partial charge in [-0.15, -0.1) is 0 Å². The standard InChI is InChI=1S/C23H32N2O3/c26-21(27)17-19-6-12-25(13-7-19)22(28)20-3-1-18(2-4-20)5-8-23-9-14-24(15-10-23)16-11-23/h1-4,19H,5-17H2,(H,26,27). The van der Waals surface area contributed by atoms with E-state index in [1.165, 1.54) is 50.9 Å². The van der Waals surface area contributed by atoms with Crippen LogP contribution in [0.5, 0.6) is 0 Å². The Kier molecular flexibility index (Phi) is 5.72. The maximum atomic E-state index is 12.8. The van der Waals surface area contributed by atoms with Crippen LogP contribution in [-0.2, 0) is 11.2 Å². The van der Waals surface area contributed by atoms with Crippen molar-refractivity contribution in [2.75, 3.05) is 32.7 Å². The highest BCUT2D eigenvalue weighted by Gasteiger charge is 2.38. The van der Waals surface area contributed by atoms with E-state index in [0.717, 1.165) is 24.8 Å². The van der Waals surface area contributed by atoms with E-state index in [1.807, 2.05) is 17.0 Å². The summed E-state index contributed by atoms with van der Waals surface area (Å²) in [5.41, 5.74) is 2.65. The molecule has 0 atom stereocenters. The fraction of sp³-hybridized carbons (Fsp3) is 0.652. The predicted molar refractivity (Wildman–Crippen MR) is 108 cm³/mol. The Morgan fingerprint density at radius 1 is 0.964 bits per heavy atom. The highest BCUT2D eigenvalue weighted by molar-refractivity contribution is 5.94. The summed E-state index contributed by atoms with van der Waals surface area (Å²) in [5.74, 6) is -0.452. The summed E-state index contributed by atoms with van der Waals surface area (Å²) in [7, 11) is 0. The number of hydrogen-bond donors (Lipinski definition) is 1. The Bertz CT molecular complexity index is 685. The predicted octanol–water partition coefficient (Wildman–Crippen LogP) is 3.43. The van der Waals surface area contributed by atoms with Crippen molar-refractivity contribution in [3.05, 3.63) is 35.4 Å². The molecule has 5 nitrogen and oxygen atoms in total. The van der Waals surface area contributed by atoms with Gasteiger partial charge in [0.25, 0.3) is 5.91 Å². The lowest BCUT2D eigenvalue weighted by molar-refractivity contribution is -0.138. The first-order valence-corrected chi connectivity index (χ1v) is 10.9. The van der Waals surface area contributed by atoms with Crippen molar-refractivity contribution >= 4 is 11.9 Å². The third-order valence-corrected chi connectivity index (χ3v) is 7.39. The molecule has 4 aliphatic heterocycles. The van der Waals surface area contributed by atoms with Gasteiger partial charge in [0.05, 0.1) is 0 Å². The van der Waals surface area contributed by atoms with E-state index < -0.39 is 5.97 Å². The van der Waals surface area contributed by atoms with E-state index in [4.69, 9.17) is 5.11 Å². The molecular weight excluding hydrogens is 352 g/mol. The summed E-state index contributed by atoms with van der Waals surface area (Å²) in [5, 5.41) is 8.92. The summed E-state index contributed by atoms with van der Waals surface area (Å²) in [6.07, 6.45) is 8.21. The van der Waals surface area contributed by atoms with E-state index in [-0.39, 0.29) is 18.2 Å². The van der Waals surface area contributed by atoms with Crippen molar-refractivity contribution in [2.24, 2.45) is 11.3 Å². The number of benzene rings is 1. The van der Waals surface area contributed by atoms with Crippen molar-refractivity contribution < 1.29 is 14.7 Å². The highest BCUT2D eigenvalue weighted by Crippen LogP contribution is 2.43. The van der Waals surface area contributed by atoms with E-state index in [9.17, 15) is 9.59 Å². The molecule has 5 heteroatoms. The van der Waals surface area contributed by atoms with Crippen molar-refractivity contribution in [2.45, 2.75) is 51.4 Å². The first-order valence-electron chi connectivity index (χ1n) is 10.9. The molecule has 0 radical (unpaired) electrons. The van der Waals surface area contributed by atoms with Gasteiger partial charge in [-0.25, -0.2) is 0 Å². The monoisotopic (exact) mass is 384 g/mol. The zero-order valence-corrected chi connectivity index (χ0v) is 16.7. The lowest BCUT2D eigenvalue weighted by Gasteiger charge is -2.48. The summed E-state index contributed by atoms with van der Waals surface area (Å²) in [6, 6.07) is 8.20. The Hall–Kier alpha value is -1.88. The Morgan fingerprint density at radius 3 is 2.14 bits per heavy atom. The molecule has 0 saturated carbocycles. The van der Waals surface area contributed by atoms with E-state index in [1.54, 1.807) is 0 Å². The number of carbonyl (C=O) groups is 2. The first kappa shape index (κ1) is 19.4. The summed E-state index contributed by atoms with van der Waals surface area (Å²) in [4.78, 5) is 28.1. The molecule has 1 aromatic rings. The van der Waals surface area contributed by atoms with Gasteiger partial charge in [0.2, 0.25) is 0 Å². The van der Waals surface area contributed by atoms with Crippen molar-refractivity contribution in [3.8, 4) is 0 Å². The largest absolute Gasteiger partial charge is 0.481 e. The summed E-state index contributed by atoms with van der Waals surface area (Å²) < 4.78 is 0. The second kappa shape index (κ2) is 8.24. The number of likely N-dealkylation sites (tertiary alicyclic amines) is 1. The number of piperidine rings is 4. The average Bonchev–Trinajstić information content (AvgIpc) is 2.74. The molecule has 0 spiro atoms. The molecule has 4 fully saturated rings. The minimum absolute atomic E-state index is 0.0820. The molecule has 1 aromatic carbocycles. The summed E-state index contributed by atoms with van der Waals surface area (Å²) in [6.45, 7) is 5.15. The Labute approximate surface area is 167 Å². The maximum absolute atomic E-state index is 12.8. The lowest BCUT2D eigenvalue weighted by Crippen LogP contribution is -2.48. The quantitative estimate of drug-likeness (QED) is 0.816. The van der Waals surface area contributed by atoms with Gasteiger partial charge < -0.3 is 14.9 Å². The van der Waals surface area contributed by atoms with Crippen LogP contribution >= 0.6 is 0 Å². The minimum atomic E-state index is -0.737. The molecule has 0 aliphatic carbocycles. The molecule has 4 aliphatic rings. The third-order valence-electron chi connectivity index (χ3n) is 7.39. The number of aliphatic carboxylic acids is 1. The number of fused-ring (bicyclic) bond motifs is 3. The molecule has 152 valence electrons. The average molecular weight is 385 g/mol. The molecule has 5 rings (SSSR count). The van der Waals surface area contributed by atoms with Gasteiger partial charge in [0, 0.05) is 25.1 Å². The van der Waals surface area contributed by atoms with Crippen LogP contribution in [0.3, 0.4) is 0 Å². The number of carboxylic acid groups (broad SMARTS) is 1. The van der Waals surface area contributed by atoms with Crippen LogP contribution in [0, 0.1) is 11.3 Å². The van der Waals surface area contributed by atoms with Gasteiger partial charge in [-0.05, 0) is 93.6 Å². The van der Waals surface area contributed by atoms with E-state index in [0.29, 0.717) is 18.5 Å². The highest BCUT2D eigenvalue weighted by atomic mass is 16.4. The smallest absolute Gasteiger partial charge is 0.303 e. The van der Waals surface area contributed by atoms with Gasteiger partial charge in [0.1, 0.15) is 0 Å². The van der Waals surface area contributed by atoms with Crippen LogP contribution in [0.1, 0.15) is 60.9 Å². The SMILES string of the molecule is O=C(O)CC1CCN(C(=O)c2ccc(CCC34CCN(CC3)CC4)cc2)CC1. The fourth-order valence-corrected chi connectivity index (χ4v) is 5.26. The zero-order chi connectivity index (χ0) is 19.6. The Morgan fingerprint density at radius 2 is 1.57 bits per heavy atom. The van der Waals surface area contributed by atoms with Crippen LogP contribution in [0.15, 0.2) is 24.3 Å². The molecule has 28 heavy (non-hydrogen) atoms. The van der Waals surface area contributed by atoms with Gasteiger partial charge in [-0.1, -0.05) is 12.1 Å². The van der Waals surface area contributed by atoms with Gasteiger partial charge in [-0.2, -0.15) is 0 Å². The first-order chi connectivity index (χ1) is 13.5. The minimum Gasteiger partial charge on any atom is -0.481 e. The van der Waals surface area contributed by atoms with Crippen molar-refractivity contribution in [1.82, 2.24) is 9.80 Å². The van der Waals surface area contributed by atoms with Crippen molar-refractivity contribution in [1.29, 1.82) is 0 Å². The molecule has 4 heterocycles. The number of carboxylic acids is 1. The van der Waals surface area contributed by atoms with Crippen LogP contribution in [0.25, 0.3) is 0 Å². The van der Waals surface area contributed by atoms with Gasteiger partial charge in [-0.3, -0.25) is 9.59 Å². The lowest BCUT2D eigenvalue weighted by atomic mass is 9.69. The van der Waals surface area contributed by atoms with Gasteiger partial charge in [0.15, 0.2) is 0 Å². The number of aryl methyl sites for hydroxylation is 1. The zero-order valence-electron chi connectivity index (χ0n) is 16.7. The molecule has 1 amide bonds. The maximum Gasteiger partial charge on any atom is 0.303 e. The normalized spacial score (nSPS) is 27.7. The number of carbonyl (C=O) groups excluding carboxylic acids is 1. The van der Waals surface area contributed by atoms with E-state index >= 15 is 0 Å². The van der Waals surface area contributed by atoms with Crippen LogP contribution in [0.4, 0.5) is 0 Å². The summed E-state index contributed by atoms with van der Waals surface area (Å²) >= 11 is 0. The van der Waals surface area contributed by atoms with Crippen molar-refractivity contribution in [3.63, 3.8) is 0 Å². The number of nitrogens with zero attached hydrogens (tertiary/aromatic N) is 2. The number of amides is 1. The van der Waals surface area contributed by atoms with Crippen LogP contribution < -0.4 is 0 Å². The fourth-order valence-electron chi connectivity index (χ4n) is 5.26. The molecule has 2 bridgehead atoms. The topological polar surface area (TPSA) is 60.9 Å². The number of hydrogen-bond acceptors (Lipinski definition) is 3. The molecular formula is C23H32N2O3. The Balaban J connectivity index is 1.28.